The van der Waals surface area contributed by atoms with Crippen molar-refractivity contribution in [3.63, 3.8) is 0 Å². The highest BCUT2D eigenvalue weighted by Gasteiger charge is 2.38. The molecule has 38 heavy (non-hydrogen) atoms. The maximum absolute atomic E-state index is 13.3. The number of carbonyl (C=O) groups is 2. The molecule has 1 saturated carbocycles. The van der Waals surface area contributed by atoms with Crippen molar-refractivity contribution in [1.82, 2.24) is 34.3 Å². The predicted molar refractivity (Wildman–Crippen MR) is 140 cm³/mol. The highest BCUT2D eigenvalue weighted by molar-refractivity contribution is 6.10. The second kappa shape index (κ2) is 9.53. The summed E-state index contributed by atoms with van der Waals surface area (Å²) in [6.45, 7) is 3.15. The highest BCUT2D eigenvalue weighted by atomic mass is 16.5. The Morgan fingerprint density at radius 1 is 1.13 bits per heavy atom. The number of ether oxygens (including phenoxy) is 1. The summed E-state index contributed by atoms with van der Waals surface area (Å²) in [5.74, 6) is 0.519. The SMILES string of the molecule is COc1nc(-c2cnn(C)c2)cn2ncc(C(=O)Nc3cc(NC(=O)CN4C[C@H]5CC[C@@H]4C5)cnc3C)c12. The Morgan fingerprint density at radius 3 is 2.71 bits per heavy atom. The number of pyridine rings is 1. The van der Waals surface area contributed by atoms with Crippen LogP contribution < -0.4 is 15.4 Å². The zero-order valence-electron chi connectivity index (χ0n) is 21.5. The molecule has 2 atom stereocenters. The monoisotopic (exact) mass is 515 g/mol. The molecule has 0 aromatic carbocycles. The lowest BCUT2D eigenvalue weighted by atomic mass is 10.1. The fourth-order valence-electron chi connectivity index (χ4n) is 5.50. The van der Waals surface area contributed by atoms with Gasteiger partial charge in [0.2, 0.25) is 11.8 Å². The van der Waals surface area contributed by atoms with Crippen molar-refractivity contribution >= 4 is 28.7 Å². The molecule has 4 aromatic rings. The van der Waals surface area contributed by atoms with Gasteiger partial charge >= 0.3 is 0 Å². The van der Waals surface area contributed by atoms with E-state index in [1.807, 2.05) is 13.2 Å². The zero-order valence-corrected chi connectivity index (χ0v) is 21.5. The van der Waals surface area contributed by atoms with Crippen molar-refractivity contribution in [3.8, 4) is 17.1 Å². The lowest BCUT2D eigenvalue weighted by Gasteiger charge is -2.25. The first-order valence-electron chi connectivity index (χ1n) is 12.6. The van der Waals surface area contributed by atoms with Crippen LogP contribution in [0.5, 0.6) is 5.88 Å². The molecule has 1 saturated heterocycles. The lowest BCUT2D eigenvalue weighted by Crippen LogP contribution is -2.38. The minimum Gasteiger partial charge on any atom is -0.479 e. The maximum Gasteiger partial charge on any atom is 0.259 e. The third kappa shape index (κ3) is 4.47. The van der Waals surface area contributed by atoms with E-state index in [0.717, 1.165) is 18.0 Å². The van der Waals surface area contributed by atoms with Crippen LogP contribution >= 0.6 is 0 Å². The van der Waals surface area contributed by atoms with Gasteiger partial charge in [-0.05, 0) is 38.2 Å². The Hall–Kier alpha value is -4.32. The van der Waals surface area contributed by atoms with Crippen LogP contribution in [0.25, 0.3) is 16.8 Å². The summed E-state index contributed by atoms with van der Waals surface area (Å²) in [5, 5.41) is 14.4. The molecule has 1 aliphatic carbocycles. The molecule has 12 heteroatoms. The number of carbonyl (C=O) groups excluding carboxylic acids is 2. The van der Waals surface area contributed by atoms with Crippen LogP contribution in [-0.4, -0.2) is 72.3 Å². The van der Waals surface area contributed by atoms with Gasteiger partial charge in [-0.2, -0.15) is 10.2 Å². The zero-order chi connectivity index (χ0) is 26.4. The molecule has 196 valence electrons. The fraction of sp³-hybridized carbons (Fsp3) is 0.385. The van der Waals surface area contributed by atoms with Gasteiger partial charge in [-0.15, -0.1) is 0 Å². The third-order valence-electron chi connectivity index (χ3n) is 7.39. The molecular weight excluding hydrogens is 486 g/mol. The molecule has 2 N–H and O–H groups in total. The third-order valence-corrected chi connectivity index (χ3v) is 7.39. The van der Waals surface area contributed by atoms with Crippen LogP contribution in [-0.2, 0) is 11.8 Å². The van der Waals surface area contributed by atoms with Gasteiger partial charge < -0.3 is 15.4 Å². The van der Waals surface area contributed by atoms with Crippen LogP contribution in [0, 0.1) is 12.8 Å². The van der Waals surface area contributed by atoms with Gasteiger partial charge in [0.05, 0.1) is 66.8 Å². The van der Waals surface area contributed by atoms with E-state index in [-0.39, 0.29) is 11.8 Å². The number of fused-ring (bicyclic) bond motifs is 3. The molecule has 2 bridgehead atoms. The van der Waals surface area contributed by atoms with Crippen molar-refractivity contribution in [2.45, 2.75) is 32.2 Å². The number of piperidine rings is 1. The summed E-state index contributed by atoms with van der Waals surface area (Å²) >= 11 is 0. The van der Waals surface area contributed by atoms with E-state index in [4.69, 9.17) is 4.74 Å². The minimum atomic E-state index is -0.393. The summed E-state index contributed by atoms with van der Waals surface area (Å²) in [4.78, 5) is 37.2. The van der Waals surface area contributed by atoms with Crippen molar-refractivity contribution in [2.24, 2.45) is 13.0 Å². The van der Waals surface area contributed by atoms with Gasteiger partial charge in [0.15, 0.2) is 0 Å². The quantitative estimate of drug-likeness (QED) is 0.384. The molecule has 0 radical (unpaired) electrons. The van der Waals surface area contributed by atoms with E-state index in [1.54, 1.807) is 40.8 Å². The van der Waals surface area contributed by atoms with Gasteiger partial charge in [0.1, 0.15) is 5.52 Å². The number of hydrogen-bond donors (Lipinski definition) is 2. The number of hydrogen-bond acceptors (Lipinski definition) is 8. The lowest BCUT2D eigenvalue weighted by molar-refractivity contribution is -0.117. The van der Waals surface area contributed by atoms with Gasteiger partial charge in [-0.1, -0.05) is 0 Å². The summed E-state index contributed by atoms with van der Waals surface area (Å²) < 4.78 is 8.76. The van der Waals surface area contributed by atoms with E-state index < -0.39 is 5.91 Å². The average molecular weight is 516 g/mol. The first-order valence-corrected chi connectivity index (χ1v) is 12.6. The number of likely N-dealkylation sites (tertiary alicyclic amines) is 1. The second-order valence-corrected chi connectivity index (χ2v) is 10.0. The van der Waals surface area contributed by atoms with E-state index in [0.29, 0.717) is 46.4 Å². The molecule has 1 aliphatic heterocycles. The Balaban J connectivity index is 1.20. The van der Waals surface area contributed by atoms with Crippen LogP contribution in [0.3, 0.4) is 0 Å². The highest BCUT2D eigenvalue weighted by Crippen LogP contribution is 2.37. The molecule has 0 spiro atoms. The Morgan fingerprint density at radius 2 is 2.00 bits per heavy atom. The summed E-state index contributed by atoms with van der Waals surface area (Å²) in [6, 6.07) is 2.24. The number of aryl methyl sites for hydroxylation is 2. The fourth-order valence-corrected chi connectivity index (χ4v) is 5.50. The molecule has 6 rings (SSSR count). The number of aromatic nitrogens is 6. The largest absolute Gasteiger partial charge is 0.479 e. The summed E-state index contributed by atoms with van der Waals surface area (Å²) in [6.07, 6.45) is 12.0. The number of nitrogens with zero attached hydrogens (tertiary/aromatic N) is 7. The van der Waals surface area contributed by atoms with Crippen LogP contribution in [0.4, 0.5) is 11.4 Å². The Labute approximate surface area is 219 Å². The number of anilines is 2. The Bertz CT molecular complexity index is 1540. The van der Waals surface area contributed by atoms with E-state index in [1.165, 1.54) is 32.6 Å². The van der Waals surface area contributed by atoms with Gasteiger partial charge in [0.25, 0.3) is 5.91 Å². The number of amides is 2. The predicted octanol–water partition coefficient (Wildman–Crippen LogP) is 2.52. The summed E-state index contributed by atoms with van der Waals surface area (Å²) in [5.41, 5.74) is 3.78. The van der Waals surface area contributed by atoms with E-state index in [2.05, 4.69) is 35.7 Å². The molecule has 2 aliphatic rings. The molecule has 5 heterocycles. The molecule has 2 amide bonds. The number of nitrogens with one attached hydrogen (secondary N) is 2. The van der Waals surface area contributed by atoms with Gasteiger partial charge in [-0.25, -0.2) is 9.50 Å². The van der Waals surface area contributed by atoms with E-state index >= 15 is 0 Å². The van der Waals surface area contributed by atoms with Crippen LogP contribution in [0.1, 0.15) is 35.3 Å². The van der Waals surface area contributed by atoms with Crippen molar-refractivity contribution in [1.29, 1.82) is 0 Å². The Kier molecular flexibility index (Phi) is 6.03. The minimum absolute atomic E-state index is 0.0802. The van der Waals surface area contributed by atoms with Crippen LogP contribution in [0.2, 0.25) is 0 Å². The number of rotatable bonds is 7. The standard InChI is InChI=1S/C26H29N9O3/c1-15-21(7-18(9-27-15)30-23(36)14-34-11-16-4-5-19(34)6-16)31-25(37)20-10-29-35-13-22(17-8-28-33(2)12-17)32-26(38-3)24(20)35/h7-10,12-13,16,19H,4-6,11,14H2,1-3H3,(H,30,36)(H,31,37)/t16-,19+/m0/s1. The molecule has 0 unspecified atom stereocenters. The van der Waals surface area contributed by atoms with E-state index in [9.17, 15) is 9.59 Å². The average Bonchev–Trinajstić information content (AvgIpc) is 3.69. The molecule has 4 aromatic heterocycles. The topological polar surface area (TPSA) is 132 Å². The summed E-state index contributed by atoms with van der Waals surface area (Å²) in [7, 11) is 3.32. The van der Waals surface area contributed by atoms with Gasteiger partial charge in [-0.3, -0.25) is 24.2 Å². The van der Waals surface area contributed by atoms with Crippen molar-refractivity contribution in [3.05, 3.63) is 48.3 Å². The smallest absolute Gasteiger partial charge is 0.259 e. The normalized spacial score (nSPS) is 18.7. The maximum atomic E-state index is 13.3. The second-order valence-electron chi connectivity index (χ2n) is 10.0. The first kappa shape index (κ1) is 24.0. The molecular formula is C26H29N9O3. The van der Waals surface area contributed by atoms with Crippen molar-refractivity contribution < 1.29 is 14.3 Å². The molecule has 12 nitrogen and oxygen atoms in total. The first-order chi connectivity index (χ1) is 18.4. The molecule has 2 fully saturated rings. The number of methoxy groups -OCH3 is 1. The van der Waals surface area contributed by atoms with Gasteiger partial charge in [0, 0.05) is 31.4 Å². The van der Waals surface area contributed by atoms with Crippen LogP contribution in [0.15, 0.2) is 37.1 Å². The van der Waals surface area contributed by atoms with Crippen molar-refractivity contribution in [2.75, 3.05) is 30.8 Å².